The van der Waals surface area contributed by atoms with E-state index in [1.54, 1.807) is 7.11 Å². The van der Waals surface area contributed by atoms with Crippen molar-refractivity contribution in [3.05, 3.63) is 81.6 Å². The van der Waals surface area contributed by atoms with Crippen LogP contribution in [0.25, 0.3) is 21.9 Å². The second-order valence-corrected chi connectivity index (χ2v) is 12.8. The molecule has 5 nitrogen and oxygen atoms in total. The van der Waals surface area contributed by atoms with Gasteiger partial charge in [0.2, 0.25) is 5.52 Å². The molecule has 1 fully saturated rings. The summed E-state index contributed by atoms with van der Waals surface area (Å²) in [6.07, 6.45) is 7.81. The molecule has 224 valence electrons. The maximum atomic E-state index is 12.7. The molecular formula is C36H44BN2O3S+. The summed E-state index contributed by atoms with van der Waals surface area (Å²) in [6, 6.07) is 17.4. The Morgan fingerprint density at radius 1 is 1.09 bits per heavy atom. The first-order valence-corrected chi connectivity index (χ1v) is 16.6. The zero-order chi connectivity index (χ0) is 30.6. The number of allylic oxidation sites excluding steroid dienone is 3. The summed E-state index contributed by atoms with van der Waals surface area (Å²) >= 11 is 1.84. The number of methoxy groups -OCH3 is 1. The first kappa shape index (κ1) is 31.1. The molecule has 3 aromatic rings. The number of thiazole rings is 1. The van der Waals surface area contributed by atoms with E-state index in [-0.39, 0.29) is 5.97 Å². The molecule has 7 heteroatoms. The van der Waals surface area contributed by atoms with Crippen LogP contribution < -0.4 is 9.47 Å². The number of hydrogen-bond acceptors (Lipinski definition) is 5. The Kier molecular flexibility index (Phi) is 9.80. The van der Waals surface area contributed by atoms with E-state index >= 15 is 0 Å². The topological polar surface area (TPSA) is 42.6 Å². The molecule has 1 heterocycles. The zero-order valence-electron chi connectivity index (χ0n) is 26.4. The maximum Gasteiger partial charge on any atom is 0.311 e. The monoisotopic (exact) mass is 595 g/mol. The minimum Gasteiger partial charge on any atom is -0.495 e. The van der Waals surface area contributed by atoms with E-state index in [1.165, 1.54) is 49.5 Å². The van der Waals surface area contributed by atoms with Gasteiger partial charge in [0.1, 0.15) is 23.6 Å². The fourth-order valence-corrected chi connectivity index (χ4v) is 7.38. The van der Waals surface area contributed by atoms with Crippen LogP contribution in [0.15, 0.2) is 71.0 Å². The Balaban J connectivity index is 1.38. The van der Waals surface area contributed by atoms with Gasteiger partial charge in [-0.1, -0.05) is 60.8 Å². The third-order valence-corrected chi connectivity index (χ3v) is 10.1. The predicted molar refractivity (Wildman–Crippen MR) is 179 cm³/mol. The Morgan fingerprint density at radius 2 is 1.84 bits per heavy atom. The van der Waals surface area contributed by atoms with Crippen molar-refractivity contribution in [3.63, 3.8) is 0 Å². The lowest BCUT2D eigenvalue weighted by atomic mass is 9.72. The quantitative estimate of drug-likeness (QED) is 0.114. The molecule has 5 rings (SSSR count). The number of nitrogens with zero attached hydrogens (tertiary/aromatic N) is 2. The summed E-state index contributed by atoms with van der Waals surface area (Å²) in [5.74, 6) is 0.768. The summed E-state index contributed by atoms with van der Waals surface area (Å²) < 4.78 is 15.4. The average molecular weight is 596 g/mol. The molecule has 2 aliphatic rings. The highest BCUT2D eigenvalue weighted by molar-refractivity contribution is 7.18. The molecule has 0 N–H and O–H groups in total. The van der Waals surface area contributed by atoms with Crippen molar-refractivity contribution in [2.75, 3.05) is 31.7 Å². The molecule has 2 aliphatic carbocycles. The van der Waals surface area contributed by atoms with Crippen molar-refractivity contribution >= 4 is 52.7 Å². The summed E-state index contributed by atoms with van der Waals surface area (Å²) in [6.45, 7) is 11.0. The van der Waals surface area contributed by atoms with E-state index in [1.807, 2.05) is 18.3 Å². The van der Waals surface area contributed by atoms with Gasteiger partial charge in [0.05, 0.1) is 26.9 Å². The molecule has 0 saturated heterocycles. The highest BCUT2D eigenvalue weighted by Crippen LogP contribution is 2.52. The number of para-hydroxylation sites is 1. The van der Waals surface area contributed by atoms with Crippen LogP contribution in [0.5, 0.6) is 0 Å². The van der Waals surface area contributed by atoms with Gasteiger partial charge in [0.25, 0.3) is 5.01 Å². The van der Waals surface area contributed by atoms with Crippen molar-refractivity contribution < 1.29 is 18.8 Å². The number of anilines is 1. The van der Waals surface area contributed by atoms with E-state index in [9.17, 15) is 4.79 Å². The Bertz CT molecular complexity index is 1560. The molecule has 0 bridgehead atoms. The summed E-state index contributed by atoms with van der Waals surface area (Å²) in [4.78, 5) is 14.9. The van der Waals surface area contributed by atoms with Gasteiger partial charge in [-0.2, -0.15) is 4.57 Å². The van der Waals surface area contributed by atoms with Gasteiger partial charge in [0, 0.05) is 35.5 Å². The van der Waals surface area contributed by atoms with Crippen LogP contribution in [0.1, 0.15) is 70.4 Å². The van der Waals surface area contributed by atoms with Gasteiger partial charge in [-0.05, 0) is 75.8 Å². The molecule has 1 saturated carbocycles. The molecule has 1 unspecified atom stereocenters. The van der Waals surface area contributed by atoms with E-state index in [0.29, 0.717) is 19.5 Å². The number of hydrogen-bond donors (Lipinski definition) is 0. The Hall–Kier alpha value is -3.32. The first-order valence-electron chi connectivity index (χ1n) is 15.8. The van der Waals surface area contributed by atoms with Crippen LogP contribution in [-0.2, 0) is 20.8 Å². The number of fused-ring (bicyclic) bond motifs is 1. The second kappa shape index (κ2) is 13.5. The fraction of sp³-hybridized carbons (Fsp3) is 0.444. The maximum absolute atomic E-state index is 12.7. The second-order valence-electron chi connectivity index (χ2n) is 11.7. The summed E-state index contributed by atoms with van der Waals surface area (Å²) in [5.41, 5.74) is 8.28. The average Bonchev–Trinajstić information content (AvgIpc) is 3.36. The Morgan fingerprint density at radius 3 is 2.44 bits per heavy atom. The van der Waals surface area contributed by atoms with Gasteiger partial charge in [0.15, 0.2) is 0 Å². The predicted octanol–water partition coefficient (Wildman–Crippen LogP) is 7.91. The molecular weight excluding hydrogens is 551 g/mol. The molecule has 43 heavy (non-hydrogen) atoms. The minimum atomic E-state index is -0.614. The molecule has 2 radical (unpaired) electrons. The molecule has 1 aromatic heterocycles. The lowest BCUT2D eigenvalue weighted by Gasteiger charge is -2.35. The summed E-state index contributed by atoms with van der Waals surface area (Å²) in [5, 5.41) is 1.25. The van der Waals surface area contributed by atoms with Gasteiger partial charge < -0.3 is 14.4 Å². The number of carbonyl (C=O) groups is 1. The van der Waals surface area contributed by atoms with Crippen LogP contribution in [0.2, 0.25) is 6.32 Å². The zero-order valence-corrected chi connectivity index (χ0v) is 27.2. The number of aryl methyl sites for hydroxylation is 1. The van der Waals surface area contributed by atoms with Gasteiger partial charge >= 0.3 is 5.97 Å². The highest BCUT2D eigenvalue weighted by atomic mass is 32.1. The van der Waals surface area contributed by atoms with Crippen LogP contribution in [0.3, 0.4) is 0 Å². The normalized spacial score (nSPS) is 17.1. The number of aromatic nitrogens is 1. The lowest BCUT2D eigenvalue weighted by Crippen LogP contribution is -2.33. The van der Waals surface area contributed by atoms with E-state index in [0.717, 1.165) is 50.2 Å². The van der Waals surface area contributed by atoms with Crippen molar-refractivity contribution in [2.24, 2.45) is 5.41 Å². The highest BCUT2D eigenvalue weighted by Gasteiger charge is 2.37. The molecule has 2 aromatic carbocycles. The third-order valence-electron chi connectivity index (χ3n) is 8.97. The van der Waals surface area contributed by atoms with E-state index < -0.39 is 5.41 Å². The van der Waals surface area contributed by atoms with Gasteiger partial charge in [-0.15, -0.1) is 0 Å². The number of benzene rings is 2. The van der Waals surface area contributed by atoms with Gasteiger partial charge in [-0.3, -0.25) is 4.79 Å². The molecule has 1 atom stereocenters. The fourth-order valence-electron chi connectivity index (χ4n) is 6.21. The number of rotatable bonds is 13. The molecule has 0 spiro atoms. The van der Waals surface area contributed by atoms with Crippen molar-refractivity contribution in [3.8, 4) is 0 Å². The summed E-state index contributed by atoms with van der Waals surface area (Å²) in [7, 11) is 7.69. The molecule has 0 amide bonds. The smallest absolute Gasteiger partial charge is 0.311 e. The van der Waals surface area contributed by atoms with Crippen molar-refractivity contribution in [2.45, 2.75) is 72.7 Å². The van der Waals surface area contributed by atoms with Crippen LogP contribution in [-0.4, -0.2) is 40.6 Å². The number of carbonyl (C=O) groups excluding carboxylic acids is 1. The SMILES string of the molecule is [B]CC(C)(CCC)C(=O)OCCN(CC)c1ccc(C2=C(OC)/C(=C\c3sc4ccccc4[n+]3CC)C2=C2CCC2)cc1. The number of likely N-dealkylation sites (N-methyl/N-ethyl adjacent to an activating group) is 1. The van der Waals surface area contributed by atoms with Crippen LogP contribution in [0.4, 0.5) is 5.69 Å². The van der Waals surface area contributed by atoms with Gasteiger partial charge in [-0.25, -0.2) is 0 Å². The van der Waals surface area contributed by atoms with Crippen molar-refractivity contribution in [1.82, 2.24) is 0 Å². The van der Waals surface area contributed by atoms with Crippen LogP contribution in [0, 0.1) is 5.41 Å². The third kappa shape index (κ3) is 6.06. The number of esters is 1. The molecule has 0 aliphatic heterocycles. The largest absolute Gasteiger partial charge is 0.495 e. The Labute approximate surface area is 262 Å². The number of ether oxygens (including phenoxy) is 2. The lowest BCUT2D eigenvalue weighted by molar-refractivity contribution is -0.665. The standard InChI is InChI=1S/C36H44BN2O3S/c1-6-20-36(4,24-37)35(40)42-22-21-38(7-2)27-18-16-26(17-19-27)33-32(25-12-11-13-25)28(34(33)41-5)23-31-39(8-3)29-14-9-10-15-30(29)43-31/h9-10,14-19,23H,6-8,11-13,20-22,24H2,1-5H3/q+1. The van der Waals surface area contributed by atoms with Crippen LogP contribution >= 0.6 is 11.3 Å². The first-order chi connectivity index (χ1) is 20.9. The van der Waals surface area contributed by atoms with E-state index in [2.05, 4.69) is 84.8 Å². The minimum absolute atomic E-state index is 0.201. The van der Waals surface area contributed by atoms with Crippen molar-refractivity contribution in [1.29, 1.82) is 0 Å². The van der Waals surface area contributed by atoms with E-state index in [4.69, 9.17) is 17.3 Å².